The van der Waals surface area contributed by atoms with Crippen LogP contribution in [-0.4, -0.2) is 24.2 Å². The minimum atomic E-state index is -0.552. The van der Waals surface area contributed by atoms with E-state index in [0.717, 1.165) is 5.57 Å². The van der Waals surface area contributed by atoms with E-state index in [-0.39, 0.29) is 24.7 Å². The number of carbonyl (C=O) groups is 2. The number of alkyl halides is 1. The van der Waals surface area contributed by atoms with Gasteiger partial charge < -0.3 is 4.74 Å². The summed E-state index contributed by atoms with van der Waals surface area (Å²) in [5.41, 5.74) is 0.738. The molecule has 0 bridgehead atoms. The molecule has 0 aromatic rings. The SMILES string of the molecule is C=C(C)COC(=O)CC(=O)CCl. The second-order valence-electron chi connectivity index (χ2n) is 2.47. The van der Waals surface area contributed by atoms with Gasteiger partial charge >= 0.3 is 5.97 Å². The first-order valence-corrected chi connectivity index (χ1v) is 3.97. The van der Waals surface area contributed by atoms with Gasteiger partial charge in [-0.1, -0.05) is 6.58 Å². The van der Waals surface area contributed by atoms with Crippen LogP contribution in [0.2, 0.25) is 0 Å². The lowest BCUT2D eigenvalue weighted by atomic mass is 10.3. The quantitative estimate of drug-likeness (QED) is 0.284. The predicted octanol–water partition coefficient (Wildman–Crippen LogP) is 1.30. The number of carbonyl (C=O) groups excluding carboxylic acids is 2. The standard InChI is InChI=1S/C8H11ClO3/c1-6(2)5-12-8(11)3-7(10)4-9/h1,3-5H2,2H3. The molecule has 4 heteroatoms. The van der Waals surface area contributed by atoms with Crippen molar-refractivity contribution in [2.75, 3.05) is 12.5 Å². The van der Waals surface area contributed by atoms with Crippen LogP contribution in [0.5, 0.6) is 0 Å². The number of halogens is 1. The van der Waals surface area contributed by atoms with Gasteiger partial charge in [0.2, 0.25) is 0 Å². The van der Waals surface area contributed by atoms with Crippen molar-refractivity contribution in [1.82, 2.24) is 0 Å². The first kappa shape index (κ1) is 11.2. The van der Waals surface area contributed by atoms with Crippen LogP contribution in [0.4, 0.5) is 0 Å². The van der Waals surface area contributed by atoms with Crippen molar-refractivity contribution < 1.29 is 14.3 Å². The number of ketones is 1. The Morgan fingerprint density at radius 2 is 2.08 bits per heavy atom. The van der Waals surface area contributed by atoms with E-state index >= 15 is 0 Å². The van der Waals surface area contributed by atoms with E-state index in [1.165, 1.54) is 0 Å². The molecule has 0 fully saturated rings. The van der Waals surface area contributed by atoms with Crippen LogP contribution in [-0.2, 0) is 14.3 Å². The van der Waals surface area contributed by atoms with Crippen LogP contribution < -0.4 is 0 Å². The minimum Gasteiger partial charge on any atom is -0.461 e. The number of esters is 1. The Morgan fingerprint density at radius 1 is 1.50 bits per heavy atom. The number of rotatable bonds is 5. The van der Waals surface area contributed by atoms with E-state index in [1.54, 1.807) is 6.92 Å². The fourth-order valence-electron chi connectivity index (χ4n) is 0.463. The number of ether oxygens (including phenoxy) is 1. The van der Waals surface area contributed by atoms with Crippen LogP contribution >= 0.6 is 11.6 Å². The van der Waals surface area contributed by atoms with E-state index in [2.05, 4.69) is 11.3 Å². The van der Waals surface area contributed by atoms with Gasteiger partial charge in [0, 0.05) is 0 Å². The maximum Gasteiger partial charge on any atom is 0.313 e. The smallest absolute Gasteiger partial charge is 0.313 e. The molecular formula is C8H11ClO3. The first-order chi connectivity index (χ1) is 5.56. The number of hydrogen-bond donors (Lipinski definition) is 0. The van der Waals surface area contributed by atoms with Gasteiger partial charge in [0.15, 0.2) is 5.78 Å². The van der Waals surface area contributed by atoms with Crippen LogP contribution in [0.1, 0.15) is 13.3 Å². The molecule has 0 aliphatic heterocycles. The maximum absolute atomic E-state index is 10.8. The zero-order valence-electron chi connectivity index (χ0n) is 6.93. The monoisotopic (exact) mass is 190 g/mol. The molecule has 0 unspecified atom stereocenters. The summed E-state index contributed by atoms with van der Waals surface area (Å²) < 4.78 is 4.66. The highest BCUT2D eigenvalue weighted by atomic mass is 35.5. The summed E-state index contributed by atoms with van der Waals surface area (Å²) in [5, 5.41) is 0. The van der Waals surface area contributed by atoms with Crippen LogP contribution in [0.15, 0.2) is 12.2 Å². The van der Waals surface area contributed by atoms with Gasteiger partial charge in [-0.15, -0.1) is 11.6 Å². The largest absolute Gasteiger partial charge is 0.461 e. The third-order valence-corrected chi connectivity index (χ3v) is 1.27. The molecule has 0 heterocycles. The molecule has 0 saturated carbocycles. The van der Waals surface area contributed by atoms with Crippen molar-refractivity contribution in [3.63, 3.8) is 0 Å². The molecule has 0 amide bonds. The van der Waals surface area contributed by atoms with Gasteiger partial charge in [0.1, 0.15) is 13.0 Å². The summed E-state index contributed by atoms with van der Waals surface area (Å²) in [7, 11) is 0. The van der Waals surface area contributed by atoms with Gasteiger partial charge in [-0.3, -0.25) is 9.59 Å². The molecule has 0 N–H and O–H groups in total. The highest BCUT2D eigenvalue weighted by Crippen LogP contribution is 1.94. The zero-order valence-corrected chi connectivity index (χ0v) is 7.69. The van der Waals surface area contributed by atoms with Crippen molar-refractivity contribution in [3.8, 4) is 0 Å². The molecule has 0 aromatic carbocycles. The molecule has 0 aliphatic carbocycles. The Labute approximate surface area is 76.3 Å². The van der Waals surface area contributed by atoms with Gasteiger partial charge in [0.05, 0.1) is 5.88 Å². The average molecular weight is 191 g/mol. The predicted molar refractivity (Wildman–Crippen MR) is 46.1 cm³/mol. The van der Waals surface area contributed by atoms with E-state index in [9.17, 15) is 9.59 Å². The summed E-state index contributed by atoms with van der Waals surface area (Å²) >= 11 is 5.18. The molecule has 0 aliphatic rings. The van der Waals surface area contributed by atoms with Crippen LogP contribution in [0, 0.1) is 0 Å². The molecule has 68 valence electrons. The number of Topliss-reactive ketones (excluding diaryl/α,β-unsaturated/α-hetero) is 1. The molecule has 3 nitrogen and oxygen atoms in total. The third kappa shape index (κ3) is 5.92. The fourth-order valence-corrected chi connectivity index (χ4v) is 0.557. The van der Waals surface area contributed by atoms with E-state index < -0.39 is 5.97 Å². The minimum absolute atomic E-state index is 0.151. The summed E-state index contributed by atoms with van der Waals surface area (Å²) in [6.45, 7) is 5.43. The lowest BCUT2D eigenvalue weighted by molar-refractivity contribution is -0.144. The van der Waals surface area contributed by atoms with Gasteiger partial charge in [0.25, 0.3) is 0 Å². The lowest BCUT2D eigenvalue weighted by Crippen LogP contribution is -2.12. The maximum atomic E-state index is 10.8. The van der Waals surface area contributed by atoms with Gasteiger partial charge in [-0.05, 0) is 12.5 Å². The lowest BCUT2D eigenvalue weighted by Gasteiger charge is -2.01. The van der Waals surface area contributed by atoms with Crippen molar-refractivity contribution in [1.29, 1.82) is 0 Å². The number of hydrogen-bond acceptors (Lipinski definition) is 3. The highest BCUT2D eigenvalue weighted by Gasteiger charge is 2.08. The second kappa shape index (κ2) is 5.77. The van der Waals surface area contributed by atoms with Crippen LogP contribution in [0.3, 0.4) is 0 Å². The summed E-state index contributed by atoms with van der Waals surface area (Å²) in [4.78, 5) is 21.4. The van der Waals surface area contributed by atoms with E-state index in [4.69, 9.17) is 11.6 Å². The molecular weight excluding hydrogens is 180 g/mol. The van der Waals surface area contributed by atoms with Gasteiger partial charge in [-0.2, -0.15) is 0 Å². The van der Waals surface area contributed by atoms with Crippen molar-refractivity contribution in [2.24, 2.45) is 0 Å². The summed E-state index contributed by atoms with van der Waals surface area (Å²) in [6.07, 6.45) is -0.253. The molecule has 0 atom stereocenters. The zero-order chi connectivity index (χ0) is 9.56. The van der Waals surface area contributed by atoms with Crippen LogP contribution in [0.25, 0.3) is 0 Å². The Balaban J connectivity index is 3.60. The molecule has 0 rings (SSSR count). The topological polar surface area (TPSA) is 43.4 Å². The molecule has 0 aromatic heterocycles. The first-order valence-electron chi connectivity index (χ1n) is 3.44. The summed E-state index contributed by atoms with van der Waals surface area (Å²) in [5.74, 6) is -1.03. The Hall–Kier alpha value is -0.830. The van der Waals surface area contributed by atoms with E-state index in [1.807, 2.05) is 0 Å². The third-order valence-electron chi connectivity index (χ3n) is 0.970. The second-order valence-corrected chi connectivity index (χ2v) is 2.73. The Bertz CT molecular complexity index is 198. The molecule has 0 radical (unpaired) electrons. The van der Waals surface area contributed by atoms with Gasteiger partial charge in [-0.25, -0.2) is 0 Å². The summed E-state index contributed by atoms with van der Waals surface area (Å²) in [6, 6.07) is 0. The van der Waals surface area contributed by atoms with Crippen molar-refractivity contribution in [2.45, 2.75) is 13.3 Å². The molecule has 0 saturated heterocycles. The van der Waals surface area contributed by atoms with Crippen molar-refractivity contribution in [3.05, 3.63) is 12.2 Å². The van der Waals surface area contributed by atoms with Crippen molar-refractivity contribution >= 4 is 23.4 Å². The Kier molecular flexibility index (Phi) is 5.37. The highest BCUT2D eigenvalue weighted by molar-refractivity contribution is 6.28. The fraction of sp³-hybridized carbons (Fsp3) is 0.500. The molecule has 12 heavy (non-hydrogen) atoms. The normalized spacial score (nSPS) is 9.17. The van der Waals surface area contributed by atoms with E-state index in [0.29, 0.717) is 0 Å². The average Bonchev–Trinajstić information content (AvgIpc) is 2.00. The molecule has 0 spiro atoms. The Morgan fingerprint density at radius 3 is 2.50 bits per heavy atom.